The third-order valence-corrected chi connectivity index (χ3v) is 7.17. The van der Waals surface area contributed by atoms with E-state index in [0.29, 0.717) is 17.7 Å². The fourth-order valence-electron chi connectivity index (χ4n) is 3.99. The van der Waals surface area contributed by atoms with Gasteiger partial charge in [0.2, 0.25) is 0 Å². The molecule has 6 nitrogen and oxygen atoms in total. The van der Waals surface area contributed by atoms with E-state index in [1.807, 2.05) is 0 Å². The van der Waals surface area contributed by atoms with Crippen molar-refractivity contribution in [2.45, 2.75) is 44.4 Å². The minimum absolute atomic E-state index is 0.0169. The summed E-state index contributed by atoms with van der Waals surface area (Å²) in [7, 11) is -3.90. The van der Waals surface area contributed by atoms with Gasteiger partial charge in [0.25, 0.3) is 15.9 Å². The van der Waals surface area contributed by atoms with Crippen molar-refractivity contribution in [3.05, 3.63) is 59.4 Å². The van der Waals surface area contributed by atoms with Crippen LogP contribution in [0.15, 0.2) is 47.4 Å². The molecular weight excluding hydrogens is 429 g/mol. The predicted octanol–water partition coefficient (Wildman–Crippen LogP) is 4.18. The summed E-state index contributed by atoms with van der Waals surface area (Å²) in [4.78, 5) is 15.1. The third kappa shape index (κ3) is 6.77. The van der Waals surface area contributed by atoms with Gasteiger partial charge < -0.3 is 10.2 Å². The summed E-state index contributed by atoms with van der Waals surface area (Å²) in [6.07, 6.45) is 4.45. The van der Waals surface area contributed by atoms with Crippen LogP contribution in [0.25, 0.3) is 0 Å². The Balaban J connectivity index is 1.54. The molecule has 2 aromatic carbocycles. The highest BCUT2D eigenvalue weighted by atomic mass is 32.2. The molecule has 0 aromatic heterocycles. The number of hydrogen-bond acceptors (Lipinski definition) is 4. The average molecular weight is 462 g/mol. The zero-order chi connectivity index (χ0) is 23.1. The second-order valence-electron chi connectivity index (χ2n) is 8.60. The second kappa shape index (κ2) is 10.9. The number of anilines is 1. The van der Waals surface area contributed by atoms with Crippen LogP contribution >= 0.6 is 0 Å². The Labute approximate surface area is 190 Å². The number of likely N-dealkylation sites (tertiary alicyclic amines) is 1. The van der Waals surface area contributed by atoms with Gasteiger partial charge in [-0.1, -0.05) is 13.0 Å². The fourth-order valence-corrected chi connectivity index (χ4v) is 5.08. The lowest BCUT2D eigenvalue weighted by Crippen LogP contribution is -2.35. The Bertz CT molecular complexity index is 1030. The molecule has 1 amide bonds. The lowest BCUT2D eigenvalue weighted by Gasteiger charge is -2.30. The van der Waals surface area contributed by atoms with Gasteiger partial charge in [0.1, 0.15) is 5.82 Å². The third-order valence-electron chi connectivity index (χ3n) is 5.79. The molecule has 8 heteroatoms. The number of halogens is 1. The van der Waals surface area contributed by atoms with Crippen LogP contribution in [-0.4, -0.2) is 45.4 Å². The molecule has 1 fully saturated rings. The number of aryl methyl sites for hydroxylation is 1. The normalized spacial score (nSPS) is 17.2. The topological polar surface area (TPSA) is 78.5 Å². The Morgan fingerprint density at radius 1 is 1.16 bits per heavy atom. The van der Waals surface area contributed by atoms with E-state index < -0.39 is 15.8 Å². The highest BCUT2D eigenvalue weighted by Gasteiger charge is 2.19. The smallest absolute Gasteiger partial charge is 0.261 e. The first kappa shape index (κ1) is 24.2. The van der Waals surface area contributed by atoms with Gasteiger partial charge >= 0.3 is 0 Å². The van der Waals surface area contributed by atoms with Crippen molar-refractivity contribution in [2.75, 3.05) is 30.9 Å². The number of nitrogens with zero attached hydrogens (tertiary/aromatic N) is 1. The van der Waals surface area contributed by atoms with E-state index in [0.717, 1.165) is 38.4 Å². The summed E-state index contributed by atoms with van der Waals surface area (Å²) < 4.78 is 40.9. The molecule has 3 rings (SSSR count). The van der Waals surface area contributed by atoms with Crippen LogP contribution in [0, 0.1) is 18.7 Å². The minimum atomic E-state index is -3.90. The van der Waals surface area contributed by atoms with Gasteiger partial charge in [-0.2, -0.15) is 0 Å². The number of carbonyl (C=O) groups is 1. The molecule has 0 spiro atoms. The predicted molar refractivity (Wildman–Crippen MR) is 125 cm³/mol. The summed E-state index contributed by atoms with van der Waals surface area (Å²) in [6.45, 7) is 7.96. The van der Waals surface area contributed by atoms with E-state index in [1.54, 1.807) is 13.0 Å². The van der Waals surface area contributed by atoms with Gasteiger partial charge in [-0.25, -0.2) is 12.8 Å². The number of unbranched alkanes of at least 4 members (excludes halogenated alkanes) is 1. The first-order chi connectivity index (χ1) is 15.2. The zero-order valence-electron chi connectivity index (χ0n) is 18.7. The summed E-state index contributed by atoms with van der Waals surface area (Å²) in [5.74, 6) is 0.0215. The van der Waals surface area contributed by atoms with Crippen molar-refractivity contribution >= 4 is 21.6 Å². The van der Waals surface area contributed by atoms with E-state index in [2.05, 4.69) is 21.9 Å². The SMILES string of the molecule is Cc1ccc(S(=O)(=O)Nc2ccc(F)cc2)cc1C(=O)NCCCCN1CCCC(C)C1. The highest BCUT2D eigenvalue weighted by Crippen LogP contribution is 2.20. The second-order valence-corrected chi connectivity index (χ2v) is 10.3. The Morgan fingerprint density at radius 2 is 1.91 bits per heavy atom. The number of carbonyl (C=O) groups excluding carboxylic acids is 1. The van der Waals surface area contributed by atoms with E-state index in [-0.39, 0.29) is 16.5 Å². The van der Waals surface area contributed by atoms with Gasteiger partial charge in [0.15, 0.2) is 0 Å². The fraction of sp³-hybridized carbons (Fsp3) is 0.458. The minimum Gasteiger partial charge on any atom is -0.352 e. The first-order valence-electron chi connectivity index (χ1n) is 11.1. The monoisotopic (exact) mass is 461 g/mol. The number of benzene rings is 2. The van der Waals surface area contributed by atoms with Gasteiger partial charge in [-0.15, -0.1) is 0 Å². The number of rotatable bonds is 9. The lowest BCUT2D eigenvalue weighted by molar-refractivity contribution is 0.0951. The van der Waals surface area contributed by atoms with E-state index in [9.17, 15) is 17.6 Å². The molecule has 0 bridgehead atoms. The Hall–Kier alpha value is -2.45. The number of sulfonamides is 1. The van der Waals surface area contributed by atoms with Crippen molar-refractivity contribution in [2.24, 2.45) is 5.92 Å². The van der Waals surface area contributed by atoms with Crippen molar-refractivity contribution in [1.29, 1.82) is 0 Å². The summed E-state index contributed by atoms with van der Waals surface area (Å²) in [5, 5.41) is 2.91. The number of nitrogens with one attached hydrogen (secondary N) is 2. The van der Waals surface area contributed by atoms with Gasteiger partial charge in [-0.3, -0.25) is 9.52 Å². The van der Waals surface area contributed by atoms with Crippen LogP contribution in [-0.2, 0) is 10.0 Å². The van der Waals surface area contributed by atoms with Gasteiger partial charge in [0.05, 0.1) is 4.90 Å². The van der Waals surface area contributed by atoms with Crippen LogP contribution in [0.2, 0.25) is 0 Å². The zero-order valence-corrected chi connectivity index (χ0v) is 19.6. The van der Waals surface area contributed by atoms with Crippen LogP contribution < -0.4 is 10.0 Å². The van der Waals surface area contributed by atoms with E-state index in [1.165, 1.54) is 49.2 Å². The molecule has 32 heavy (non-hydrogen) atoms. The maximum absolute atomic E-state index is 13.1. The molecule has 1 aliphatic heterocycles. The summed E-state index contributed by atoms with van der Waals surface area (Å²) in [6, 6.07) is 9.50. The van der Waals surface area contributed by atoms with Crippen LogP contribution in [0.4, 0.5) is 10.1 Å². The molecule has 1 aliphatic rings. The Kier molecular flexibility index (Phi) is 8.26. The van der Waals surface area contributed by atoms with E-state index in [4.69, 9.17) is 0 Å². The van der Waals surface area contributed by atoms with Crippen molar-refractivity contribution in [3.8, 4) is 0 Å². The van der Waals surface area contributed by atoms with Crippen LogP contribution in [0.5, 0.6) is 0 Å². The van der Waals surface area contributed by atoms with E-state index >= 15 is 0 Å². The number of amides is 1. The molecule has 2 N–H and O–H groups in total. The summed E-state index contributed by atoms with van der Waals surface area (Å²) in [5.41, 5.74) is 1.28. The largest absolute Gasteiger partial charge is 0.352 e. The standard InChI is InChI=1S/C24H32FN3O3S/c1-18-6-5-15-28(17-18)14-4-3-13-26-24(29)23-16-22(12-7-19(23)2)32(30,31)27-21-10-8-20(25)9-11-21/h7-12,16,18,27H,3-6,13-15,17H2,1-2H3,(H,26,29). The molecule has 1 saturated heterocycles. The quantitative estimate of drug-likeness (QED) is 0.549. The van der Waals surface area contributed by atoms with Crippen molar-refractivity contribution in [3.63, 3.8) is 0 Å². The first-order valence-corrected chi connectivity index (χ1v) is 12.6. The molecule has 0 aliphatic carbocycles. The molecule has 174 valence electrons. The molecule has 0 radical (unpaired) electrons. The molecule has 2 aromatic rings. The number of hydrogen-bond donors (Lipinski definition) is 2. The average Bonchev–Trinajstić information content (AvgIpc) is 2.75. The Morgan fingerprint density at radius 3 is 2.62 bits per heavy atom. The molecule has 1 atom stereocenters. The highest BCUT2D eigenvalue weighted by molar-refractivity contribution is 7.92. The molecule has 0 saturated carbocycles. The molecular formula is C24H32FN3O3S. The van der Waals surface area contributed by atoms with Crippen LogP contribution in [0.3, 0.4) is 0 Å². The maximum Gasteiger partial charge on any atom is 0.261 e. The van der Waals surface area contributed by atoms with Gasteiger partial charge in [0, 0.05) is 24.3 Å². The lowest BCUT2D eigenvalue weighted by atomic mass is 10.0. The molecule has 1 unspecified atom stereocenters. The summed E-state index contributed by atoms with van der Waals surface area (Å²) >= 11 is 0. The molecule has 1 heterocycles. The van der Waals surface area contributed by atoms with Gasteiger partial charge in [-0.05, 0) is 93.6 Å². The van der Waals surface area contributed by atoms with Crippen molar-refractivity contribution in [1.82, 2.24) is 10.2 Å². The van der Waals surface area contributed by atoms with Crippen LogP contribution in [0.1, 0.15) is 48.5 Å². The number of piperidine rings is 1. The van der Waals surface area contributed by atoms with Crippen molar-refractivity contribution < 1.29 is 17.6 Å². The maximum atomic E-state index is 13.1.